The zero-order valence-electron chi connectivity index (χ0n) is 17.9. The predicted octanol–water partition coefficient (Wildman–Crippen LogP) is 4.91. The van der Waals surface area contributed by atoms with Crippen molar-refractivity contribution >= 4 is 41.5 Å². The van der Waals surface area contributed by atoms with Crippen LogP contribution in [0.15, 0.2) is 53.5 Å². The van der Waals surface area contributed by atoms with E-state index in [0.717, 1.165) is 25.1 Å². The highest BCUT2D eigenvalue weighted by atomic mass is 127. The first-order chi connectivity index (χ1) is 14.1. The van der Waals surface area contributed by atoms with Crippen molar-refractivity contribution < 1.29 is 4.79 Å². The number of guanidine groups is 1. The molecule has 1 aliphatic rings. The monoisotopic (exact) mass is 520 g/mol. The summed E-state index contributed by atoms with van der Waals surface area (Å²) >= 11 is 0. The van der Waals surface area contributed by atoms with E-state index in [4.69, 9.17) is 5.73 Å². The molecular formula is C24H33IN4O. The summed E-state index contributed by atoms with van der Waals surface area (Å²) in [5.41, 5.74) is 10.9. The highest BCUT2D eigenvalue weighted by Crippen LogP contribution is 2.21. The first kappa shape index (κ1) is 24.2. The summed E-state index contributed by atoms with van der Waals surface area (Å²) in [4.78, 5) is 18.8. The summed E-state index contributed by atoms with van der Waals surface area (Å²) in [6.07, 6.45) is 3.26. The number of anilines is 1. The summed E-state index contributed by atoms with van der Waals surface area (Å²) in [5.74, 6) is 1.14. The number of amides is 1. The molecule has 1 aliphatic heterocycles. The van der Waals surface area contributed by atoms with Crippen molar-refractivity contribution in [3.63, 3.8) is 0 Å². The molecule has 1 heterocycles. The van der Waals surface area contributed by atoms with Gasteiger partial charge in [0.1, 0.15) is 0 Å². The fourth-order valence-corrected chi connectivity index (χ4v) is 3.61. The van der Waals surface area contributed by atoms with Crippen molar-refractivity contribution in [3.05, 3.63) is 65.2 Å². The third kappa shape index (κ3) is 6.72. The third-order valence-corrected chi connectivity index (χ3v) is 5.68. The minimum Gasteiger partial charge on any atom is -0.370 e. The maximum Gasteiger partial charge on any atom is 0.222 e. The lowest BCUT2D eigenvalue weighted by Gasteiger charge is -2.28. The van der Waals surface area contributed by atoms with E-state index in [2.05, 4.69) is 54.5 Å². The minimum absolute atomic E-state index is 0. The van der Waals surface area contributed by atoms with Gasteiger partial charge in [0, 0.05) is 31.7 Å². The van der Waals surface area contributed by atoms with E-state index in [1.807, 2.05) is 23.1 Å². The molecule has 0 spiro atoms. The molecule has 3 N–H and O–H groups in total. The van der Waals surface area contributed by atoms with Crippen molar-refractivity contribution in [2.45, 2.75) is 52.0 Å². The second-order valence-electron chi connectivity index (χ2n) is 7.76. The minimum atomic E-state index is 0. The fourth-order valence-electron chi connectivity index (χ4n) is 3.61. The molecule has 2 aromatic carbocycles. The van der Waals surface area contributed by atoms with E-state index in [-0.39, 0.29) is 29.9 Å². The zero-order valence-corrected chi connectivity index (χ0v) is 20.3. The van der Waals surface area contributed by atoms with E-state index in [9.17, 15) is 4.79 Å². The Bertz CT molecular complexity index is 851. The van der Waals surface area contributed by atoms with Crippen LogP contribution >= 0.6 is 24.0 Å². The van der Waals surface area contributed by atoms with E-state index < -0.39 is 0 Å². The molecule has 3 rings (SSSR count). The second-order valence-corrected chi connectivity index (χ2v) is 7.76. The fraction of sp³-hybridized carbons (Fsp3) is 0.417. The van der Waals surface area contributed by atoms with Crippen LogP contribution in [0, 0.1) is 0 Å². The number of hydrogen-bond acceptors (Lipinski definition) is 2. The number of hydrogen-bond donors (Lipinski definition) is 2. The number of rotatable bonds is 7. The van der Waals surface area contributed by atoms with Gasteiger partial charge in [-0.3, -0.25) is 9.79 Å². The molecule has 1 amide bonds. The number of carbonyl (C=O) groups is 1. The number of fused-ring (bicyclic) bond motifs is 1. The predicted molar refractivity (Wildman–Crippen MR) is 135 cm³/mol. The highest BCUT2D eigenvalue weighted by molar-refractivity contribution is 14.0. The van der Waals surface area contributed by atoms with Gasteiger partial charge in [-0.1, -0.05) is 50.2 Å². The molecule has 30 heavy (non-hydrogen) atoms. The van der Waals surface area contributed by atoms with Crippen molar-refractivity contribution in [3.8, 4) is 0 Å². The number of nitrogens with two attached hydrogens (primary N) is 1. The summed E-state index contributed by atoms with van der Waals surface area (Å²) in [5, 5.41) is 3.12. The number of halogens is 1. The average molecular weight is 520 g/mol. The van der Waals surface area contributed by atoms with Crippen LogP contribution in [0.25, 0.3) is 0 Å². The third-order valence-electron chi connectivity index (χ3n) is 5.68. The molecule has 5 nitrogen and oxygen atoms in total. The lowest BCUT2D eigenvalue weighted by Crippen LogP contribution is -2.35. The number of aliphatic imine (C=N–C) groups is 1. The Morgan fingerprint density at radius 3 is 2.57 bits per heavy atom. The average Bonchev–Trinajstić information content (AvgIpc) is 2.76. The number of nitrogens with one attached hydrogen (secondary N) is 1. The maximum atomic E-state index is 12.5. The first-order valence-electron chi connectivity index (χ1n) is 10.6. The molecule has 0 radical (unpaired) electrons. The van der Waals surface area contributed by atoms with Crippen LogP contribution in [0.5, 0.6) is 0 Å². The Morgan fingerprint density at radius 1 is 1.17 bits per heavy atom. The van der Waals surface area contributed by atoms with Crippen LogP contribution in [0.1, 0.15) is 55.7 Å². The van der Waals surface area contributed by atoms with E-state index >= 15 is 0 Å². The molecule has 0 aliphatic carbocycles. The largest absolute Gasteiger partial charge is 0.370 e. The standard InChI is InChI=1S/C24H32N4O.HI/c1-3-18(2)19-10-12-22(13-11-19)27-24(25)26-15-6-9-23(29)28-16-14-20-7-4-5-8-21(20)17-28;/h4-5,7-8,10-13,18H,3,6,9,14-17H2,1-2H3,(H3,25,26,27);1H. The van der Waals surface area contributed by atoms with Gasteiger partial charge in [-0.05, 0) is 54.0 Å². The topological polar surface area (TPSA) is 70.7 Å². The van der Waals surface area contributed by atoms with Gasteiger partial charge in [0.15, 0.2) is 5.96 Å². The molecule has 162 valence electrons. The number of nitrogens with zero attached hydrogens (tertiary/aromatic N) is 2. The summed E-state index contributed by atoms with van der Waals surface area (Å²) in [6.45, 7) is 6.47. The normalized spacial score (nSPS) is 14.5. The van der Waals surface area contributed by atoms with Gasteiger partial charge in [-0.25, -0.2) is 0 Å². The Hall–Kier alpha value is -2.09. The smallest absolute Gasteiger partial charge is 0.222 e. The molecule has 0 bridgehead atoms. The summed E-state index contributed by atoms with van der Waals surface area (Å²) in [6, 6.07) is 16.7. The Kier molecular flexibility index (Phi) is 9.62. The van der Waals surface area contributed by atoms with Crippen molar-refractivity contribution in [2.75, 3.05) is 18.4 Å². The molecule has 6 heteroatoms. The van der Waals surface area contributed by atoms with Crippen molar-refractivity contribution in [1.29, 1.82) is 0 Å². The number of benzene rings is 2. The lowest BCUT2D eigenvalue weighted by molar-refractivity contribution is -0.132. The van der Waals surface area contributed by atoms with Crippen LogP contribution < -0.4 is 11.1 Å². The Morgan fingerprint density at radius 2 is 1.87 bits per heavy atom. The SMILES string of the molecule is CCC(C)c1ccc(NC(N)=NCCCC(=O)N2CCc3ccccc3C2)cc1.I. The molecule has 0 saturated heterocycles. The van der Waals surface area contributed by atoms with Gasteiger partial charge in [0.05, 0.1) is 0 Å². The van der Waals surface area contributed by atoms with Gasteiger partial charge in [-0.15, -0.1) is 24.0 Å². The van der Waals surface area contributed by atoms with Crippen LogP contribution in [-0.4, -0.2) is 29.9 Å². The van der Waals surface area contributed by atoms with Crippen molar-refractivity contribution in [1.82, 2.24) is 4.90 Å². The van der Waals surface area contributed by atoms with Gasteiger partial charge < -0.3 is 16.0 Å². The van der Waals surface area contributed by atoms with Crippen LogP contribution in [0.2, 0.25) is 0 Å². The molecular weight excluding hydrogens is 487 g/mol. The van der Waals surface area contributed by atoms with Gasteiger partial charge in [0.25, 0.3) is 0 Å². The quantitative estimate of drug-likeness (QED) is 0.236. The van der Waals surface area contributed by atoms with Crippen LogP contribution in [-0.2, 0) is 17.8 Å². The van der Waals surface area contributed by atoms with E-state index in [1.54, 1.807) is 0 Å². The highest BCUT2D eigenvalue weighted by Gasteiger charge is 2.19. The molecule has 0 saturated carbocycles. The van der Waals surface area contributed by atoms with E-state index in [0.29, 0.717) is 37.8 Å². The Balaban J connectivity index is 0.00000320. The van der Waals surface area contributed by atoms with Crippen LogP contribution in [0.3, 0.4) is 0 Å². The molecule has 2 aromatic rings. The second kappa shape index (κ2) is 11.9. The maximum absolute atomic E-state index is 12.5. The van der Waals surface area contributed by atoms with Crippen LogP contribution in [0.4, 0.5) is 5.69 Å². The van der Waals surface area contributed by atoms with Gasteiger partial charge >= 0.3 is 0 Å². The summed E-state index contributed by atoms with van der Waals surface area (Å²) in [7, 11) is 0. The zero-order chi connectivity index (χ0) is 20.6. The van der Waals surface area contributed by atoms with Gasteiger partial charge in [-0.2, -0.15) is 0 Å². The molecule has 0 aromatic heterocycles. The Labute approximate surface area is 197 Å². The number of carbonyl (C=O) groups excluding carboxylic acids is 1. The molecule has 1 atom stereocenters. The summed E-state index contributed by atoms with van der Waals surface area (Å²) < 4.78 is 0. The van der Waals surface area contributed by atoms with Gasteiger partial charge in [0.2, 0.25) is 5.91 Å². The molecule has 0 fully saturated rings. The van der Waals surface area contributed by atoms with E-state index in [1.165, 1.54) is 16.7 Å². The van der Waals surface area contributed by atoms with Crippen molar-refractivity contribution in [2.24, 2.45) is 10.7 Å². The lowest BCUT2D eigenvalue weighted by atomic mass is 9.99. The first-order valence-corrected chi connectivity index (χ1v) is 10.6. The molecule has 1 unspecified atom stereocenters.